The van der Waals surface area contributed by atoms with Crippen molar-refractivity contribution in [3.05, 3.63) is 71.8 Å². The molecule has 2 N–H and O–H groups in total. The van der Waals surface area contributed by atoms with E-state index >= 15 is 0 Å². The molecule has 1 saturated heterocycles. The molecule has 5 heteroatoms. The van der Waals surface area contributed by atoms with E-state index in [1.807, 2.05) is 18.2 Å². The van der Waals surface area contributed by atoms with Crippen molar-refractivity contribution in [3.63, 3.8) is 0 Å². The predicted molar refractivity (Wildman–Crippen MR) is 130 cm³/mol. The molecule has 5 rings (SSSR count). The Morgan fingerprint density at radius 3 is 1.55 bits per heavy atom. The molecule has 1 unspecified atom stereocenters. The molecule has 2 aromatic rings. The van der Waals surface area contributed by atoms with Crippen LogP contribution >= 0.6 is 0 Å². The van der Waals surface area contributed by atoms with Gasteiger partial charge in [0, 0.05) is 12.8 Å². The Hall–Kier alpha value is -1.82. The van der Waals surface area contributed by atoms with Gasteiger partial charge in [0.05, 0.1) is 17.7 Å². The summed E-state index contributed by atoms with van der Waals surface area (Å²) in [5, 5.41) is 6.48. The van der Waals surface area contributed by atoms with Gasteiger partial charge in [-0.2, -0.15) is 0 Å². The second-order valence-electron chi connectivity index (χ2n) is 9.75. The zero-order valence-electron chi connectivity index (χ0n) is 20.0. The van der Waals surface area contributed by atoms with Crippen LogP contribution in [0.25, 0.3) is 0 Å². The molecule has 3 fully saturated rings. The molecule has 3 nitrogen and oxygen atoms in total. The zero-order valence-corrected chi connectivity index (χ0v) is 20.0. The van der Waals surface area contributed by atoms with Crippen LogP contribution in [0, 0.1) is 0 Å². The van der Waals surface area contributed by atoms with Gasteiger partial charge in [-0.05, 0) is 50.9 Å². The zero-order chi connectivity index (χ0) is 23.4. The summed E-state index contributed by atoms with van der Waals surface area (Å²) in [6.07, 6.45) is 8.12. The molecule has 33 heavy (non-hydrogen) atoms. The van der Waals surface area contributed by atoms with E-state index < -0.39 is 11.5 Å². The maximum Gasteiger partial charge on any atom is 0.270 e. The molecular formula is C28H38F2N2O. The van der Waals surface area contributed by atoms with E-state index in [1.54, 1.807) is 19.2 Å². The fourth-order valence-electron chi connectivity index (χ4n) is 6.42. The van der Waals surface area contributed by atoms with E-state index in [1.165, 1.54) is 37.7 Å². The number of hydrogen-bond acceptors (Lipinski definition) is 3. The molecule has 0 aromatic heterocycles. The lowest BCUT2D eigenvalue weighted by Gasteiger charge is -2.58. The summed E-state index contributed by atoms with van der Waals surface area (Å²) in [7, 11) is 3.72. The van der Waals surface area contributed by atoms with Crippen LogP contribution in [0.4, 0.5) is 8.78 Å². The first-order valence-corrected chi connectivity index (χ1v) is 12.5. The Labute approximate surface area is 197 Å². The minimum Gasteiger partial charge on any atom is -0.373 e. The van der Waals surface area contributed by atoms with Crippen molar-refractivity contribution >= 4 is 0 Å². The highest BCUT2D eigenvalue weighted by molar-refractivity contribution is 5.31. The summed E-state index contributed by atoms with van der Waals surface area (Å²) >= 11 is 0. The number of rotatable bonds is 4. The largest absolute Gasteiger partial charge is 0.373 e. The summed E-state index contributed by atoms with van der Waals surface area (Å²) in [6.45, 7) is 0.927. The number of nitrogens with one attached hydrogen (secondary N) is 2. The SMILES string of the molecule is CN[C@]1(c2ccccc2)CCCCC1(F)F.CN[C@]1(c2ccccc2)CCCCC12CCO2. The molecule has 0 amide bonds. The maximum absolute atomic E-state index is 14.1. The highest BCUT2D eigenvalue weighted by atomic mass is 19.3. The molecule has 180 valence electrons. The molecule has 0 bridgehead atoms. The molecule has 3 aliphatic rings. The molecular weight excluding hydrogens is 418 g/mol. The lowest BCUT2D eigenvalue weighted by molar-refractivity contribution is -0.217. The van der Waals surface area contributed by atoms with Crippen LogP contribution in [0.15, 0.2) is 60.7 Å². The summed E-state index contributed by atoms with van der Waals surface area (Å²) in [4.78, 5) is 0. The van der Waals surface area contributed by atoms with Gasteiger partial charge >= 0.3 is 0 Å². The summed E-state index contributed by atoms with van der Waals surface area (Å²) in [5.41, 5.74) is 1.00. The molecule has 0 radical (unpaired) electrons. The molecule has 2 saturated carbocycles. The van der Waals surface area contributed by atoms with Gasteiger partial charge in [-0.1, -0.05) is 79.9 Å². The van der Waals surface area contributed by atoms with Crippen LogP contribution < -0.4 is 10.6 Å². The first kappa shape index (κ1) is 24.3. The van der Waals surface area contributed by atoms with Crippen LogP contribution in [0.1, 0.15) is 68.9 Å². The van der Waals surface area contributed by atoms with Crippen molar-refractivity contribution in [3.8, 4) is 0 Å². The van der Waals surface area contributed by atoms with Crippen LogP contribution in [-0.2, 0) is 15.8 Å². The lowest BCUT2D eigenvalue weighted by atomic mass is 9.62. The van der Waals surface area contributed by atoms with Gasteiger partial charge in [-0.3, -0.25) is 0 Å². The van der Waals surface area contributed by atoms with E-state index in [-0.39, 0.29) is 17.6 Å². The Kier molecular flexibility index (Phi) is 7.23. The smallest absolute Gasteiger partial charge is 0.270 e. The number of halogens is 2. The number of alkyl halides is 2. The molecule has 1 heterocycles. The summed E-state index contributed by atoms with van der Waals surface area (Å²) in [6, 6.07) is 19.9. The summed E-state index contributed by atoms with van der Waals surface area (Å²) in [5.74, 6) is -2.67. The monoisotopic (exact) mass is 456 g/mol. The van der Waals surface area contributed by atoms with Crippen molar-refractivity contribution in [1.82, 2.24) is 10.6 Å². The minimum absolute atomic E-state index is 0.0251. The van der Waals surface area contributed by atoms with Gasteiger partial charge in [0.15, 0.2) is 0 Å². The molecule has 1 spiro atoms. The Bertz CT molecular complexity index is 887. The second-order valence-corrected chi connectivity index (χ2v) is 9.75. The molecule has 2 aromatic carbocycles. The first-order valence-electron chi connectivity index (χ1n) is 12.5. The fourth-order valence-corrected chi connectivity index (χ4v) is 6.42. The number of likely N-dealkylation sites (N-methyl/N-ethyl adjacent to an activating group) is 1. The van der Waals surface area contributed by atoms with E-state index in [4.69, 9.17) is 4.74 Å². The maximum atomic E-state index is 14.1. The lowest BCUT2D eigenvalue weighted by Crippen LogP contribution is -2.66. The predicted octanol–water partition coefficient (Wildman–Crippen LogP) is 6.15. The first-order chi connectivity index (χ1) is 16.0. The van der Waals surface area contributed by atoms with Crippen LogP contribution in [0.2, 0.25) is 0 Å². The van der Waals surface area contributed by atoms with Gasteiger partial charge in [-0.15, -0.1) is 0 Å². The third kappa shape index (κ3) is 4.13. The van der Waals surface area contributed by atoms with Crippen molar-refractivity contribution in [2.24, 2.45) is 0 Å². The van der Waals surface area contributed by atoms with Gasteiger partial charge < -0.3 is 15.4 Å². The van der Waals surface area contributed by atoms with Gasteiger partial charge in [0.25, 0.3) is 5.92 Å². The number of benzene rings is 2. The van der Waals surface area contributed by atoms with Gasteiger partial charge in [0.1, 0.15) is 5.54 Å². The van der Waals surface area contributed by atoms with Crippen molar-refractivity contribution in [2.75, 3.05) is 20.7 Å². The quantitative estimate of drug-likeness (QED) is 0.579. The third-order valence-corrected chi connectivity index (χ3v) is 8.35. The van der Waals surface area contributed by atoms with Crippen LogP contribution in [0.3, 0.4) is 0 Å². The third-order valence-electron chi connectivity index (χ3n) is 8.35. The fraction of sp³-hybridized carbons (Fsp3) is 0.571. The standard InChI is InChI=1S/C15H21NO.C13H17F2N/c1-16-15(13-7-3-2-4-8-13)10-6-5-9-14(15)11-12-17-14;1-16-12(11-7-3-2-4-8-11)9-5-6-10-13(12,14)15/h2-4,7-8,16H,5-6,9-12H2,1H3;2-4,7-8,16H,5-6,9-10H2,1H3/t14?,15-;12-/m00/s1. The van der Waals surface area contributed by atoms with E-state index in [0.717, 1.165) is 13.0 Å². The highest BCUT2D eigenvalue weighted by Crippen LogP contribution is 2.52. The highest BCUT2D eigenvalue weighted by Gasteiger charge is 2.57. The average molecular weight is 457 g/mol. The molecule has 3 atom stereocenters. The Morgan fingerprint density at radius 1 is 0.636 bits per heavy atom. The van der Waals surface area contributed by atoms with Gasteiger partial charge in [0.2, 0.25) is 0 Å². The van der Waals surface area contributed by atoms with E-state index in [2.05, 4.69) is 48.0 Å². The Morgan fingerprint density at radius 2 is 1.09 bits per heavy atom. The van der Waals surface area contributed by atoms with Crippen LogP contribution in [-0.4, -0.2) is 32.2 Å². The number of ether oxygens (including phenoxy) is 1. The van der Waals surface area contributed by atoms with Crippen molar-refractivity contribution < 1.29 is 13.5 Å². The normalized spacial score (nSPS) is 33.0. The van der Waals surface area contributed by atoms with Crippen LogP contribution in [0.5, 0.6) is 0 Å². The van der Waals surface area contributed by atoms with E-state index in [9.17, 15) is 8.78 Å². The number of hydrogen-bond donors (Lipinski definition) is 2. The van der Waals surface area contributed by atoms with Gasteiger partial charge in [-0.25, -0.2) is 8.78 Å². The molecule has 1 aliphatic heterocycles. The minimum atomic E-state index is -2.67. The average Bonchev–Trinajstić information content (AvgIpc) is 2.84. The Balaban J connectivity index is 0.000000157. The summed E-state index contributed by atoms with van der Waals surface area (Å²) < 4.78 is 34.4. The van der Waals surface area contributed by atoms with Crippen molar-refractivity contribution in [2.45, 2.75) is 80.4 Å². The topological polar surface area (TPSA) is 33.3 Å². The van der Waals surface area contributed by atoms with E-state index in [0.29, 0.717) is 18.4 Å². The van der Waals surface area contributed by atoms with Crippen molar-refractivity contribution in [1.29, 1.82) is 0 Å². The second kappa shape index (κ2) is 9.81. The molecule has 2 aliphatic carbocycles.